The second-order valence-corrected chi connectivity index (χ2v) is 7.60. The zero-order chi connectivity index (χ0) is 18.8. The molecule has 136 valence electrons. The summed E-state index contributed by atoms with van der Waals surface area (Å²) < 4.78 is 1.55. The van der Waals surface area contributed by atoms with E-state index in [1.54, 1.807) is 22.6 Å². The van der Waals surface area contributed by atoms with E-state index in [0.717, 1.165) is 27.0 Å². The van der Waals surface area contributed by atoms with Crippen molar-refractivity contribution in [3.8, 4) is 15.6 Å². The molecule has 0 saturated carbocycles. The summed E-state index contributed by atoms with van der Waals surface area (Å²) >= 11 is 2.91. The smallest absolute Gasteiger partial charge is 0.273 e. The van der Waals surface area contributed by atoms with E-state index in [9.17, 15) is 4.79 Å². The van der Waals surface area contributed by atoms with E-state index >= 15 is 0 Å². The van der Waals surface area contributed by atoms with Crippen molar-refractivity contribution >= 4 is 28.6 Å². The number of amides is 1. The first-order chi connectivity index (χ1) is 13.1. The molecule has 0 saturated heterocycles. The SMILES string of the molecule is Cc1ccc(-n2cc(C(=O)NCc3nnc(-c4cncs4)s3)nn2)c(C)n1. The number of nitrogens with one attached hydrogen (secondary N) is 1. The summed E-state index contributed by atoms with van der Waals surface area (Å²) in [6, 6.07) is 3.79. The molecule has 1 N–H and O–H groups in total. The zero-order valence-corrected chi connectivity index (χ0v) is 16.1. The number of carbonyl (C=O) groups is 1. The zero-order valence-electron chi connectivity index (χ0n) is 14.4. The Morgan fingerprint density at radius 3 is 2.89 bits per heavy atom. The van der Waals surface area contributed by atoms with Crippen LogP contribution in [-0.2, 0) is 6.54 Å². The summed E-state index contributed by atoms with van der Waals surface area (Å²) in [4.78, 5) is 21.7. The second kappa shape index (κ2) is 7.29. The van der Waals surface area contributed by atoms with Crippen molar-refractivity contribution in [3.63, 3.8) is 0 Å². The summed E-state index contributed by atoms with van der Waals surface area (Å²) in [5.74, 6) is -0.325. The number of nitrogens with zero attached hydrogens (tertiary/aromatic N) is 7. The second-order valence-electron chi connectivity index (χ2n) is 5.65. The molecule has 0 aliphatic carbocycles. The van der Waals surface area contributed by atoms with Crippen molar-refractivity contribution in [2.45, 2.75) is 20.4 Å². The van der Waals surface area contributed by atoms with Gasteiger partial charge < -0.3 is 5.32 Å². The van der Waals surface area contributed by atoms with Gasteiger partial charge in [-0.15, -0.1) is 26.6 Å². The lowest BCUT2D eigenvalue weighted by atomic mass is 10.3. The van der Waals surface area contributed by atoms with E-state index in [-0.39, 0.29) is 18.1 Å². The fraction of sp³-hybridized carbons (Fsp3) is 0.188. The van der Waals surface area contributed by atoms with Gasteiger partial charge in [-0.25, -0.2) is 4.68 Å². The van der Waals surface area contributed by atoms with Gasteiger partial charge in [-0.05, 0) is 26.0 Å². The van der Waals surface area contributed by atoms with Crippen molar-refractivity contribution in [2.75, 3.05) is 0 Å². The summed E-state index contributed by atoms with van der Waals surface area (Å²) in [7, 11) is 0. The Hall–Kier alpha value is -3.05. The summed E-state index contributed by atoms with van der Waals surface area (Å²) in [6.07, 6.45) is 3.32. The average Bonchev–Trinajstić information content (AvgIpc) is 3.39. The minimum absolute atomic E-state index is 0.224. The molecule has 9 nitrogen and oxygen atoms in total. The highest BCUT2D eigenvalue weighted by Gasteiger charge is 2.14. The normalized spacial score (nSPS) is 10.9. The van der Waals surface area contributed by atoms with Gasteiger partial charge in [0.15, 0.2) is 10.7 Å². The van der Waals surface area contributed by atoms with Crippen LogP contribution in [0.1, 0.15) is 26.9 Å². The van der Waals surface area contributed by atoms with Crippen molar-refractivity contribution in [3.05, 3.63) is 52.1 Å². The van der Waals surface area contributed by atoms with Crippen molar-refractivity contribution in [2.24, 2.45) is 0 Å². The molecular weight excluding hydrogens is 384 g/mol. The Labute approximate surface area is 162 Å². The summed E-state index contributed by atoms with van der Waals surface area (Å²) in [6.45, 7) is 4.08. The van der Waals surface area contributed by atoms with Crippen molar-refractivity contribution in [1.82, 2.24) is 40.5 Å². The fourth-order valence-electron chi connectivity index (χ4n) is 2.40. The first kappa shape index (κ1) is 17.4. The van der Waals surface area contributed by atoms with Crippen LogP contribution in [0.2, 0.25) is 0 Å². The number of thiazole rings is 1. The van der Waals surface area contributed by atoms with Crippen molar-refractivity contribution in [1.29, 1.82) is 0 Å². The lowest BCUT2D eigenvalue weighted by Crippen LogP contribution is -2.23. The quantitative estimate of drug-likeness (QED) is 0.548. The first-order valence-corrected chi connectivity index (χ1v) is 9.66. The molecule has 0 aromatic carbocycles. The van der Waals surface area contributed by atoms with E-state index in [4.69, 9.17) is 0 Å². The first-order valence-electron chi connectivity index (χ1n) is 7.96. The number of hydrogen-bond donors (Lipinski definition) is 1. The van der Waals surface area contributed by atoms with E-state index in [1.165, 1.54) is 22.7 Å². The predicted octanol–water partition coefficient (Wildman–Crippen LogP) is 2.18. The van der Waals surface area contributed by atoms with Gasteiger partial charge in [0.25, 0.3) is 5.91 Å². The van der Waals surface area contributed by atoms with Gasteiger partial charge in [0.05, 0.1) is 34.5 Å². The predicted molar refractivity (Wildman–Crippen MR) is 101 cm³/mol. The Morgan fingerprint density at radius 2 is 2.11 bits per heavy atom. The molecule has 0 fully saturated rings. The summed E-state index contributed by atoms with van der Waals surface area (Å²) in [5, 5.41) is 20.5. The highest BCUT2D eigenvalue weighted by molar-refractivity contribution is 7.20. The third-order valence-corrected chi connectivity index (χ3v) is 5.55. The maximum absolute atomic E-state index is 12.3. The van der Waals surface area contributed by atoms with Gasteiger partial charge in [-0.1, -0.05) is 16.6 Å². The van der Waals surface area contributed by atoms with Crippen LogP contribution < -0.4 is 5.32 Å². The average molecular weight is 398 g/mol. The van der Waals surface area contributed by atoms with Crippen molar-refractivity contribution < 1.29 is 4.79 Å². The molecule has 0 aliphatic rings. The highest BCUT2D eigenvalue weighted by atomic mass is 32.1. The number of aromatic nitrogens is 7. The minimum atomic E-state index is -0.325. The molecule has 1 amide bonds. The van der Waals surface area contributed by atoms with Gasteiger partial charge in [-0.3, -0.25) is 14.8 Å². The molecule has 0 bridgehead atoms. The van der Waals surface area contributed by atoms with E-state index in [2.05, 4.69) is 35.8 Å². The van der Waals surface area contributed by atoms with Gasteiger partial charge >= 0.3 is 0 Å². The monoisotopic (exact) mass is 398 g/mol. The van der Waals surface area contributed by atoms with Crippen LogP contribution in [0.3, 0.4) is 0 Å². The Morgan fingerprint density at radius 1 is 1.22 bits per heavy atom. The number of pyridine rings is 1. The van der Waals surface area contributed by atoms with E-state index in [0.29, 0.717) is 5.01 Å². The Balaban J connectivity index is 1.43. The molecule has 0 spiro atoms. The van der Waals surface area contributed by atoms with Crippen LogP contribution in [0.15, 0.2) is 30.0 Å². The molecule has 27 heavy (non-hydrogen) atoms. The van der Waals surface area contributed by atoms with Gasteiger partial charge in [0.2, 0.25) is 0 Å². The van der Waals surface area contributed by atoms with Crippen LogP contribution in [0.25, 0.3) is 15.6 Å². The number of carbonyl (C=O) groups excluding carboxylic acids is 1. The Bertz CT molecular complexity index is 1090. The number of hydrogen-bond acceptors (Lipinski definition) is 9. The number of aryl methyl sites for hydroxylation is 2. The van der Waals surface area contributed by atoms with Gasteiger partial charge in [0, 0.05) is 11.9 Å². The standard InChI is InChI=1S/C16H14N8OS2/c1-9-3-4-12(10(2)19-9)24-7-11(20-23-24)15(25)18-6-14-21-22-16(27-14)13-5-17-8-26-13/h3-5,7-8H,6H2,1-2H3,(H,18,25). The fourth-order valence-corrected chi connectivity index (χ4v) is 3.85. The maximum atomic E-state index is 12.3. The van der Waals surface area contributed by atoms with Crippen LogP contribution >= 0.6 is 22.7 Å². The van der Waals surface area contributed by atoms with Crippen LogP contribution in [-0.4, -0.2) is 41.1 Å². The van der Waals surface area contributed by atoms with Crippen LogP contribution in [0.4, 0.5) is 0 Å². The molecule has 11 heteroatoms. The highest BCUT2D eigenvalue weighted by Crippen LogP contribution is 2.26. The molecule has 0 unspecified atom stereocenters. The largest absolute Gasteiger partial charge is 0.344 e. The molecule has 0 aliphatic heterocycles. The lowest BCUT2D eigenvalue weighted by molar-refractivity contribution is 0.0945. The van der Waals surface area contributed by atoms with E-state index < -0.39 is 0 Å². The molecule has 0 radical (unpaired) electrons. The number of rotatable bonds is 5. The molecular formula is C16H14N8OS2. The van der Waals surface area contributed by atoms with E-state index in [1.807, 2.05) is 26.0 Å². The van der Waals surface area contributed by atoms with Gasteiger partial charge in [0.1, 0.15) is 5.01 Å². The molecule has 4 heterocycles. The lowest BCUT2D eigenvalue weighted by Gasteiger charge is -2.04. The third-order valence-electron chi connectivity index (χ3n) is 3.68. The molecule has 4 aromatic rings. The molecule has 4 aromatic heterocycles. The Kier molecular flexibility index (Phi) is 4.69. The van der Waals surface area contributed by atoms with Gasteiger partial charge in [-0.2, -0.15) is 0 Å². The molecule has 0 atom stereocenters. The topological polar surface area (TPSA) is 111 Å². The van der Waals surface area contributed by atoms with Crippen LogP contribution in [0.5, 0.6) is 0 Å². The molecule has 4 rings (SSSR count). The summed E-state index contributed by atoms with van der Waals surface area (Å²) in [5.41, 5.74) is 4.49. The maximum Gasteiger partial charge on any atom is 0.273 e. The minimum Gasteiger partial charge on any atom is -0.344 e. The van der Waals surface area contributed by atoms with Crippen LogP contribution in [0, 0.1) is 13.8 Å². The third kappa shape index (κ3) is 3.73.